The minimum Gasteiger partial charge on any atom is -0.497 e. The lowest BCUT2D eigenvalue weighted by Gasteiger charge is -2.17. The number of furan rings is 1. The zero-order valence-electron chi connectivity index (χ0n) is 12.9. The van der Waals surface area contributed by atoms with Crippen LogP contribution >= 0.6 is 0 Å². The van der Waals surface area contributed by atoms with E-state index in [4.69, 9.17) is 9.15 Å². The van der Waals surface area contributed by atoms with Crippen molar-refractivity contribution in [2.24, 2.45) is 0 Å². The molecule has 2 rings (SSSR count). The van der Waals surface area contributed by atoms with Crippen LogP contribution in [-0.4, -0.2) is 14.2 Å². The van der Waals surface area contributed by atoms with Crippen LogP contribution in [0.5, 0.6) is 5.75 Å². The lowest BCUT2D eigenvalue weighted by molar-refractivity contribution is 0.414. The number of hydrogen-bond acceptors (Lipinski definition) is 3. The number of likely N-dealkylation sites (N-methyl/N-ethyl adjacent to an activating group) is 1. The van der Waals surface area contributed by atoms with E-state index in [9.17, 15) is 0 Å². The van der Waals surface area contributed by atoms with Gasteiger partial charge in [0.15, 0.2) is 0 Å². The van der Waals surface area contributed by atoms with Crippen molar-refractivity contribution in [1.82, 2.24) is 5.32 Å². The van der Waals surface area contributed by atoms with Gasteiger partial charge in [-0.05, 0) is 57.5 Å². The normalized spacial score (nSPS) is 12.4. The van der Waals surface area contributed by atoms with Crippen molar-refractivity contribution >= 4 is 0 Å². The molecule has 2 aromatic rings. The average molecular weight is 273 g/mol. The van der Waals surface area contributed by atoms with Crippen LogP contribution in [0, 0.1) is 20.8 Å². The molecule has 1 heterocycles. The Morgan fingerprint density at radius 2 is 1.95 bits per heavy atom. The van der Waals surface area contributed by atoms with Crippen molar-refractivity contribution in [2.75, 3.05) is 14.2 Å². The highest BCUT2D eigenvalue weighted by molar-refractivity contribution is 5.36. The predicted octanol–water partition coefficient (Wildman–Crippen LogP) is 3.72. The quantitative estimate of drug-likeness (QED) is 0.901. The molecular weight excluding hydrogens is 250 g/mol. The Hall–Kier alpha value is -1.74. The van der Waals surface area contributed by atoms with Gasteiger partial charge in [0.2, 0.25) is 0 Å². The highest BCUT2D eigenvalue weighted by Crippen LogP contribution is 2.29. The minimum absolute atomic E-state index is 0.250. The van der Waals surface area contributed by atoms with Gasteiger partial charge in [-0.3, -0.25) is 0 Å². The third-order valence-electron chi connectivity index (χ3n) is 3.89. The van der Waals surface area contributed by atoms with Crippen LogP contribution in [-0.2, 0) is 6.42 Å². The number of aryl methyl sites for hydroxylation is 2. The standard InChI is InChI=1S/C17H23NO2/c1-11-12(2)20-13(3)17(11)16(18-4)10-14-7-6-8-15(9-14)19-5/h6-9,16,18H,10H2,1-5H3. The largest absolute Gasteiger partial charge is 0.497 e. The summed E-state index contributed by atoms with van der Waals surface area (Å²) in [4.78, 5) is 0. The molecule has 1 aromatic heterocycles. The van der Waals surface area contributed by atoms with Gasteiger partial charge in [-0.15, -0.1) is 0 Å². The molecule has 1 N–H and O–H groups in total. The van der Waals surface area contributed by atoms with Gasteiger partial charge in [-0.1, -0.05) is 12.1 Å². The molecule has 3 heteroatoms. The van der Waals surface area contributed by atoms with Crippen LogP contribution in [0.1, 0.15) is 34.3 Å². The Morgan fingerprint density at radius 1 is 1.20 bits per heavy atom. The van der Waals surface area contributed by atoms with E-state index in [0.29, 0.717) is 0 Å². The van der Waals surface area contributed by atoms with Crippen molar-refractivity contribution in [2.45, 2.75) is 33.2 Å². The number of benzene rings is 1. The van der Waals surface area contributed by atoms with Gasteiger partial charge < -0.3 is 14.5 Å². The lowest BCUT2D eigenvalue weighted by atomic mass is 9.96. The maximum absolute atomic E-state index is 5.75. The molecule has 0 radical (unpaired) electrons. The molecule has 0 fully saturated rings. The number of nitrogens with one attached hydrogen (secondary N) is 1. The highest BCUT2D eigenvalue weighted by atomic mass is 16.5. The van der Waals surface area contributed by atoms with Crippen LogP contribution in [0.25, 0.3) is 0 Å². The number of ether oxygens (including phenoxy) is 1. The number of hydrogen-bond donors (Lipinski definition) is 1. The topological polar surface area (TPSA) is 34.4 Å². The molecule has 0 amide bonds. The fraction of sp³-hybridized carbons (Fsp3) is 0.412. The van der Waals surface area contributed by atoms with Crippen LogP contribution in [0.2, 0.25) is 0 Å². The third-order valence-corrected chi connectivity index (χ3v) is 3.89. The van der Waals surface area contributed by atoms with Crippen LogP contribution in [0.3, 0.4) is 0 Å². The van der Waals surface area contributed by atoms with Crippen molar-refractivity contribution in [3.63, 3.8) is 0 Å². The van der Waals surface area contributed by atoms with Crippen molar-refractivity contribution in [1.29, 1.82) is 0 Å². The minimum atomic E-state index is 0.250. The molecular formula is C17H23NO2. The first-order valence-electron chi connectivity index (χ1n) is 6.93. The Kier molecular flexibility index (Phi) is 4.50. The fourth-order valence-corrected chi connectivity index (χ4v) is 2.71. The summed E-state index contributed by atoms with van der Waals surface area (Å²) in [5.41, 5.74) is 3.76. The smallest absolute Gasteiger partial charge is 0.119 e. The van der Waals surface area contributed by atoms with E-state index < -0.39 is 0 Å². The molecule has 0 bridgehead atoms. The van der Waals surface area contributed by atoms with E-state index in [1.54, 1.807) is 7.11 Å². The molecule has 0 spiro atoms. The summed E-state index contributed by atoms with van der Waals surface area (Å²) in [6.45, 7) is 6.17. The second-order valence-corrected chi connectivity index (χ2v) is 5.15. The molecule has 0 aliphatic rings. The van der Waals surface area contributed by atoms with Gasteiger partial charge in [0.25, 0.3) is 0 Å². The van der Waals surface area contributed by atoms with Gasteiger partial charge in [0.1, 0.15) is 17.3 Å². The van der Waals surface area contributed by atoms with E-state index in [0.717, 1.165) is 23.7 Å². The molecule has 108 valence electrons. The van der Waals surface area contributed by atoms with E-state index in [-0.39, 0.29) is 6.04 Å². The summed E-state index contributed by atoms with van der Waals surface area (Å²) in [5.74, 6) is 2.90. The fourth-order valence-electron chi connectivity index (χ4n) is 2.71. The second kappa shape index (κ2) is 6.14. The first-order valence-corrected chi connectivity index (χ1v) is 6.93. The Labute approximate surface area is 121 Å². The summed E-state index contributed by atoms with van der Waals surface area (Å²) in [5, 5.41) is 3.40. The molecule has 0 saturated heterocycles. The van der Waals surface area contributed by atoms with E-state index in [1.165, 1.54) is 16.7 Å². The van der Waals surface area contributed by atoms with Crippen LogP contribution in [0.4, 0.5) is 0 Å². The van der Waals surface area contributed by atoms with Crippen molar-refractivity contribution < 1.29 is 9.15 Å². The highest BCUT2D eigenvalue weighted by Gasteiger charge is 2.20. The monoisotopic (exact) mass is 273 g/mol. The SMILES string of the molecule is CNC(Cc1cccc(OC)c1)c1c(C)oc(C)c1C. The molecule has 0 aliphatic carbocycles. The lowest BCUT2D eigenvalue weighted by Crippen LogP contribution is -2.20. The summed E-state index contributed by atoms with van der Waals surface area (Å²) < 4.78 is 11.0. The predicted molar refractivity (Wildman–Crippen MR) is 81.4 cm³/mol. The molecule has 1 unspecified atom stereocenters. The number of rotatable bonds is 5. The molecule has 3 nitrogen and oxygen atoms in total. The first-order chi connectivity index (χ1) is 9.56. The third kappa shape index (κ3) is 2.88. The van der Waals surface area contributed by atoms with Gasteiger partial charge >= 0.3 is 0 Å². The second-order valence-electron chi connectivity index (χ2n) is 5.15. The van der Waals surface area contributed by atoms with Crippen LogP contribution < -0.4 is 10.1 Å². The van der Waals surface area contributed by atoms with E-state index >= 15 is 0 Å². The van der Waals surface area contributed by atoms with E-state index in [1.807, 2.05) is 33.0 Å². The average Bonchev–Trinajstić information content (AvgIpc) is 2.70. The molecule has 1 aromatic carbocycles. The maximum Gasteiger partial charge on any atom is 0.119 e. The summed E-state index contributed by atoms with van der Waals surface area (Å²) in [6.07, 6.45) is 0.911. The Morgan fingerprint density at radius 3 is 2.50 bits per heavy atom. The summed E-state index contributed by atoms with van der Waals surface area (Å²) in [6, 6.07) is 8.46. The molecule has 0 aliphatic heterocycles. The van der Waals surface area contributed by atoms with Gasteiger partial charge in [0, 0.05) is 11.6 Å². The van der Waals surface area contributed by atoms with Gasteiger partial charge in [-0.25, -0.2) is 0 Å². The van der Waals surface area contributed by atoms with E-state index in [2.05, 4.69) is 24.4 Å². The van der Waals surface area contributed by atoms with Gasteiger partial charge in [0.05, 0.1) is 7.11 Å². The Balaban J connectivity index is 2.28. The van der Waals surface area contributed by atoms with Crippen LogP contribution in [0.15, 0.2) is 28.7 Å². The zero-order valence-corrected chi connectivity index (χ0v) is 12.9. The first kappa shape index (κ1) is 14.7. The van der Waals surface area contributed by atoms with Crippen molar-refractivity contribution in [3.8, 4) is 5.75 Å². The van der Waals surface area contributed by atoms with Gasteiger partial charge in [-0.2, -0.15) is 0 Å². The Bertz CT molecular complexity index is 587. The molecule has 0 saturated carbocycles. The molecule has 1 atom stereocenters. The number of methoxy groups -OCH3 is 1. The summed E-state index contributed by atoms with van der Waals surface area (Å²) in [7, 11) is 3.69. The van der Waals surface area contributed by atoms with Crippen molar-refractivity contribution in [3.05, 3.63) is 52.5 Å². The summed E-state index contributed by atoms with van der Waals surface area (Å²) >= 11 is 0. The molecule has 20 heavy (non-hydrogen) atoms. The zero-order chi connectivity index (χ0) is 14.7. The maximum atomic E-state index is 5.75.